The Morgan fingerprint density at radius 3 is 2.71 bits per heavy atom. The van der Waals surface area contributed by atoms with Crippen LogP contribution < -0.4 is 9.61 Å². The number of H-pyrrole nitrogens is 1. The van der Waals surface area contributed by atoms with Crippen molar-refractivity contribution in [2.75, 3.05) is 13.5 Å². The molecule has 1 heterocycles. The molecule has 0 radical (unpaired) electrons. The van der Waals surface area contributed by atoms with Crippen LogP contribution in [0.5, 0.6) is 5.88 Å². The van der Waals surface area contributed by atoms with Gasteiger partial charge < -0.3 is 14.0 Å². The quantitative estimate of drug-likeness (QED) is 0.554. The maximum atomic E-state index is 13.0. The molecule has 0 fully saturated rings. The molecule has 0 saturated heterocycles. The van der Waals surface area contributed by atoms with E-state index in [9.17, 15) is 9.36 Å². The number of carbonyl (C=O) groups excluding carboxylic acids is 1. The van der Waals surface area contributed by atoms with Gasteiger partial charge in [-0.3, -0.25) is 14.5 Å². The van der Waals surface area contributed by atoms with E-state index in [0.717, 1.165) is 5.52 Å². The molecule has 0 bridgehead atoms. The van der Waals surface area contributed by atoms with E-state index in [-0.39, 0.29) is 18.3 Å². The molecule has 0 aliphatic rings. The highest BCUT2D eigenvalue weighted by molar-refractivity contribution is 7.57. The van der Waals surface area contributed by atoms with Crippen LogP contribution in [0.2, 0.25) is 0 Å². The zero-order valence-electron chi connectivity index (χ0n) is 14.1. The normalized spacial score (nSPS) is 15.2. The van der Waals surface area contributed by atoms with E-state index in [1.807, 2.05) is 18.2 Å². The number of hydrogen-bond donors (Lipinski definition) is 2. The zero-order valence-corrected chi connectivity index (χ0v) is 15.0. The lowest BCUT2D eigenvalue weighted by molar-refractivity contribution is -0.149. The lowest BCUT2D eigenvalue weighted by atomic mass is 10.2. The molecule has 2 atom stereocenters. The van der Waals surface area contributed by atoms with Gasteiger partial charge in [-0.2, -0.15) is 0 Å². The molecule has 0 spiro atoms. The van der Waals surface area contributed by atoms with Crippen LogP contribution in [0.25, 0.3) is 10.9 Å². The molecule has 1 aromatic carbocycles. The summed E-state index contributed by atoms with van der Waals surface area (Å²) < 4.78 is 28.7. The number of fused-ring (bicyclic) bond motifs is 1. The number of benzene rings is 1. The SMILES string of the molecule is COCP(=O)(N[C@@H](C)C(=O)OC(C)C)Oc1n[nH]c2ccccc12. The molecule has 2 aromatic rings. The number of carbonyl (C=O) groups is 1. The van der Waals surface area contributed by atoms with E-state index in [2.05, 4.69) is 15.3 Å². The fourth-order valence-electron chi connectivity index (χ4n) is 2.09. The molecule has 0 saturated carbocycles. The first-order valence-electron chi connectivity index (χ1n) is 7.53. The van der Waals surface area contributed by atoms with Crippen molar-refractivity contribution < 1.29 is 23.4 Å². The summed E-state index contributed by atoms with van der Waals surface area (Å²) in [5.74, 6) is -0.334. The number of rotatable bonds is 8. The molecule has 1 unspecified atom stereocenters. The molecule has 0 amide bonds. The molecule has 1 aromatic heterocycles. The van der Waals surface area contributed by atoms with Crippen LogP contribution in [-0.2, 0) is 18.8 Å². The van der Waals surface area contributed by atoms with Crippen molar-refractivity contribution in [2.24, 2.45) is 0 Å². The Kier molecular flexibility index (Phi) is 5.99. The van der Waals surface area contributed by atoms with Crippen molar-refractivity contribution in [1.82, 2.24) is 15.3 Å². The van der Waals surface area contributed by atoms with Gasteiger partial charge in [0.1, 0.15) is 12.4 Å². The maximum Gasteiger partial charge on any atom is 0.343 e. The minimum atomic E-state index is -3.52. The van der Waals surface area contributed by atoms with Crippen molar-refractivity contribution in [2.45, 2.75) is 32.9 Å². The monoisotopic (exact) mass is 355 g/mol. The van der Waals surface area contributed by atoms with Gasteiger partial charge >= 0.3 is 13.5 Å². The Bertz CT molecular complexity index is 746. The fourth-order valence-corrected chi connectivity index (χ4v) is 3.72. The Morgan fingerprint density at radius 1 is 1.33 bits per heavy atom. The van der Waals surface area contributed by atoms with Crippen molar-refractivity contribution >= 4 is 24.4 Å². The smallest absolute Gasteiger partial charge is 0.343 e. The minimum absolute atomic E-state index is 0.183. The van der Waals surface area contributed by atoms with Crippen LogP contribution in [0.3, 0.4) is 0 Å². The summed E-state index contributed by atoms with van der Waals surface area (Å²) in [4.78, 5) is 11.9. The third kappa shape index (κ3) is 4.56. The van der Waals surface area contributed by atoms with Crippen LogP contribution in [-0.4, -0.2) is 41.8 Å². The van der Waals surface area contributed by atoms with E-state index in [1.54, 1.807) is 26.8 Å². The number of nitrogens with one attached hydrogen (secondary N) is 2. The maximum absolute atomic E-state index is 13.0. The number of para-hydroxylation sites is 1. The largest absolute Gasteiger partial charge is 0.462 e. The zero-order chi connectivity index (χ0) is 17.7. The Labute approximate surface area is 140 Å². The van der Waals surface area contributed by atoms with Gasteiger partial charge in [-0.15, -0.1) is 5.10 Å². The minimum Gasteiger partial charge on any atom is -0.462 e. The van der Waals surface area contributed by atoms with Gasteiger partial charge in [0, 0.05) is 7.11 Å². The average Bonchev–Trinajstić information content (AvgIpc) is 2.89. The second-order valence-electron chi connectivity index (χ2n) is 5.59. The molecule has 8 nitrogen and oxygen atoms in total. The van der Waals surface area contributed by atoms with E-state index in [1.165, 1.54) is 7.11 Å². The Morgan fingerprint density at radius 2 is 2.04 bits per heavy atom. The third-order valence-corrected chi connectivity index (χ3v) is 4.91. The molecule has 2 N–H and O–H groups in total. The molecule has 132 valence electrons. The lowest BCUT2D eigenvalue weighted by Gasteiger charge is -2.22. The average molecular weight is 355 g/mol. The summed E-state index contributed by atoms with van der Waals surface area (Å²) in [6.45, 7) is 5.04. The third-order valence-electron chi connectivity index (χ3n) is 3.06. The first-order valence-corrected chi connectivity index (χ1v) is 9.34. The molecular formula is C15H22N3O5P. The number of hydrogen-bond acceptors (Lipinski definition) is 6. The number of methoxy groups -OCH3 is 1. The lowest BCUT2D eigenvalue weighted by Crippen LogP contribution is -2.36. The second-order valence-corrected chi connectivity index (χ2v) is 7.64. The highest BCUT2D eigenvalue weighted by Gasteiger charge is 2.32. The van der Waals surface area contributed by atoms with E-state index in [0.29, 0.717) is 5.39 Å². The first kappa shape index (κ1) is 18.4. The standard InChI is InChI=1S/C15H22N3O5P/c1-10(2)22-15(19)11(3)18-24(20,9-21-4)23-14-12-7-5-6-8-13(12)16-17-14/h5-8,10-11H,9H2,1-4H3,(H,16,17)(H,18,20)/t11-,24?/m0/s1. The van der Waals surface area contributed by atoms with Crippen LogP contribution in [0, 0.1) is 0 Å². The molecule has 24 heavy (non-hydrogen) atoms. The summed E-state index contributed by atoms with van der Waals surface area (Å²) in [5, 5.41) is 10.2. The van der Waals surface area contributed by atoms with Crippen molar-refractivity contribution in [3.8, 4) is 5.88 Å². The van der Waals surface area contributed by atoms with Crippen LogP contribution in [0.1, 0.15) is 20.8 Å². The Hall–Kier alpha value is -1.89. The number of ether oxygens (including phenoxy) is 2. The summed E-state index contributed by atoms with van der Waals surface area (Å²) >= 11 is 0. The van der Waals surface area contributed by atoms with Gasteiger partial charge in [-0.1, -0.05) is 12.1 Å². The van der Waals surface area contributed by atoms with Crippen LogP contribution >= 0.6 is 7.52 Å². The molecule has 2 rings (SSSR count). The second kappa shape index (κ2) is 7.79. The predicted molar refractivity (Wildman–Crippen MR) is 90.0 cm³/mol. The van der Waals surface area contributed by atoms with Crippen molar-refractivity contribution in [3.05, 3.63) is 24.3 Å². The topological polar surface area (TPSA) is 103 Å². The van der Waals surface area contributed by atoms with Gasteiger partial charge in [0.05, 0.1) is 17.0 Å². The number of aromatic nitrogens is 2. The highest BCUT2D eigenvalue weighted by Crippen LogP contribution is 2.44. The Balaban J connectivity index is 2.18. The van der Waals surface area contributed by atoms with Crippen molar-refractivity contribution in [1.29, 1.82) is 0 Å². The number of aromatic amines is 1. The van der Waals surface area contributed by atoms with Gasteiger partial charge in [0.25, 0.3) is 0 Å². The highest BCUT2D eigenvalue weighted by atomic mass is 31.2. The number of esters is 1. The predicted octanol–water partition coefficient (Wildman–Crippen LogP) is 2.67. The van der Waals surface area contributed by atoms with E-state index in [4.69, 9.17) is 14.0 Å². The van der Waals surface area contributed by atoms with Crippen molar-refractivity contribution in [3.63, 3.8) is 0 Å². The molecule has 0 aliphatic carbocycles. The van der Waals surface area contributed by atoms with Crippen LogP contribution in [0.15, 0.2) is 24.3 Å². The van der Waals surface area contributed by atoms with Crippen LogP contribution in [0.4, 0.5) is 0 Å². The number of nitrogens with zero attached hydrogens (tertiary/aromatic N) is 1. The first-order chi connectivity index (χ1) is 11.3. The molecule has 0 aliphatic heterocycles. The molecular weight excluding hydrogens is 333 g/mol. The van der Waals surface area contributed by atoms with Gasteiger partial charge in [0.2, 0.25) is 5.88 Å². The molecule has 9 heteroatoms. The fraction of sp³-hybridized carbons (Fsp3) is 0.467. The van der Waals surface area contributed by atoms with Gasteiger partial charge in [0.15, 0.2) is 0 Å². The summed E-state index contributed by atoms with van der Waals surface area (Å²) in [5.41, 5.74) is 0.753. The summed E-state index contributed by atoms with van der Waals surface area (Å²) in [7, 11) is -2.12. The van der Waals surface area contributed by atoms with Gasteiger partial charge in [-0.25, -0.2) is 5.09 Å². The van der Waals surface area contributed by atoms with E-state index >= 15 is 0 Å². The summed E-state index contributed by atoms with van der Waals surface area (Å²) in [6, 6.07) is 6.47. The van der Waals surface area contributed by atoms with E-state index < -0.39 is 19.5 Å². The van der Waals surface area contributed by atoms with Gasteiger partial charge in [-0.05, 0) is 32.9 Å². The summed E-state index contributed by atoms with van der Waals surface area (Å²) in [6.07, 6.45) is -0.479.